The fourth-order valence-electron chi connectivity index (χ4n) is 3.38. The molecule has 0 saturated heterocycles. The lowest BCUT2D eigenvalue weighted by Gasteiger charge is -2.41. The van der Waals surface area contributed by atoms with E-state index in [0.29, 0.717) is 11.3 Å². The van der Waals surface area contributed by atoms with E-state index < -0.39 is 0 Å². The minimum atomic E-state index is 0.141. The number of halogens is 2. The summed E-state index contributed by atoms with van der Waals surface area (Å²) < 4.78 is 1.18. The molecule has 1 aromatic rings. The topological polar surface area (TPSA) is 0 Å². The average Bonchev–Trinajstić information content (AvgIpc) is 2.32. The summed E-state index contributed by atoms with van der Waals surface area (Å²) in [5.41, 5.74) is 4.26. The molecule has 2 unspecified atom stereocenters. The number of aryl methyl sites for hydroxylation is 2. The van der Waals surface area contributed by atoms with E-state index >= 15 is 0 Å². The summed E-state index contributed by atoms with van der Waals surface area (Å²) in [6.07, 6.45) is 5.24. The Morgan fingerprint density at radius 1 is 1.21 bits per heavy atom. The molecule has 0 aliphatic heterocycles. The highest BCUT2D eigenvalue weighted by Gasteiger charge is 2.37. The monoisotopic (exact) mass is 342 g/mol. The molecule has 0 aromatic heterocycles. The number of rotatable bonds is 2. The molecule has 106 valence electrons. The van der Waals surface area contributed by atoms with Crippen LogP contribution < -0.4 is 0 Å². The molecule has 1 aromatic carbocycles. The van der Waals surface area contributed by atoms with Crippen LogP contribution in [0, 0.1) is 25.2 Å². The van der Waals surface area contributed by atoms with Gasteiger partial charge in [-0.05, 0) is 60.8 Å². The maximum absolute atomic E-state index is 6.88. The molecule has 0 spiro atoms. The number of alkyl halides is 1. The highest BCUT2D eigenvalue weighted by molar-refractivity contribution is 9.10. The molecule has 0 heterocycles. The third-order valence-corrected chi connectivity index (χ3v) is 6.18. The van der Waals surface area contributed by atoms with E-state index in [0.717, 1.165) is 0 Å². The van der Waals surface area contributed by atoms with Crippen molar-refractivity contribution < 1.29 is 0 Å². The first-order chi connectivity index (χ1) is 8.83. The van der Waals surface area contributed by atoms with Gasteiger partial charge in [0.1, 0.15) is 0 Å². The van der Waals surface area contributed by atoms with Gasteiger partial charge in [0, 0.05) is 4.47 Å². The van der Waals surface area contributed by atoms with Crippen molar-refractivity contribution >= 4 is 27.5 Å². The third kappa shape index (κ3) is 3.19. The molecule has 0 bridgehead atoms. The molecule has 0 nitrogen and oxygen atoms in total. The summed E-state index contributed by atoms with van der Waals surface area (Å²) in [6.45, 7) is 9.08. The summed E-state index contributed by atoms with van der Waals surface area (Å²) in [5, 5.41) is 0.141. The molecule has 2 heteroatoms. The van der Waals surface area contributed by atoms with Crippen LogP contribution in [-0.4, -0.2) is 0 Å². The van der Waals surface area contributed by atoms with E-state index in [1.807, 2.05) is 0 Å². The molecular formula is C17H24BrCl. The van der Waals surface area contributed by atoms with Crippen LogP contribution >= 0.6 is 27.5 Å². The maximum Gasteiger partial charge on any atom is 0.0621 e. The van der Waals surface area contributed by atoms with Crippen LogP contribution in [0.4, 0.5) is 0 Å². The molecule has 1 fully saturated rings. The molecule has 2 atom stereocenters. The van der Waals surface area contributed by atoms with Gasteiger partial charge in [0.15, 0.2) is 0 Å². The lowest BCUT2D eigenvalue weighted by molar-refractivity contribution is 0.133. The molecule has 1 aliphatic carbocycles. The van der Waals surface area contributed by atoms with Crippen LogP contribution in [0.1, 0.15) is 61.6 Å². The van der Waals surface area contributed by atoms with Crippen LogP contribution in [0.5, 0.6) is 0 Å². The van der Waals surface area contributed by atoms with E-state index in [9.17, 15) is 0 Å². The van der Waals surface area contributed by atoms with E-state index in [-0.39, 0.29) is 5.38 Å². The SMILES string of the molecule is Cc1cc(C(Cl)C2CCCCC2(C)C)c(C)cc1Br. The lowest BCUT2D eigenvalue weighted by Crippen LogP contribution is -2.31. The molecule has 1 saturated carbocycles. The Labute approximate surface area is 131 Å². The Kier molecular flexibility index (Phi) is 4.67. The number of hydrogen-bond acceptors (Lipinski definition) is 0. The van der Waals surface area contributed by atoms with Crippen molar-refractivity contribution in [1.82, 2.24) is 0 Å². The van der Waals surface area contributed by atoms with Gasteiger partial charge in [-0.15, -0.1) is 11.6 Å². The second-order valence-electron chi connectivity index (χ2n) is 6.70. The summed E-state index contributed by atoms with van der Waals surface area (Å²) in [4.78, 5) is 0. The van der Waals surface area contributed by atoms with Gasteiger partial charge in [0.05, 0.1) is 5.38 Å². The van der Waals surface area contributed by atoms with Crippen LogP contribution in [0.3, 0.4) is 0 Å². The van der Waals surface area contributed by atoms with Gasteiger partial charge in [-0.2, -0.15) is 0 Å². The van der Waals surface area contributed by atoms with Crippen molar-refractivity contribution in [3.63, 3.8) is 0 Å². The van der Waals surface area contributed by atoms with E-state index in [1.54, 1.807) is 0 Å². The quantitative estimate of drug-likeness (QED) is 0.533. The number of benzene rings is 1. The summed E-state index contributed by atoms with van der Waals surface area (Å²) in [6, 6.07) is 4.47. The Morgan fingerprint density at radius 3 is 2.53 bits per heavy atom. The van der Waals surface area contributed by atoms with Crippen molar-refractivity contribution in [3.8, 4) is 0 Å². The second kappa shape index (κ2) is 5.77. The van der Waals surface area contributed by atoms with Crippen molar-refractivity contribution in [3.05, 3.63) is 33.3 Å². The van der Waals surface area contributed by atoms with Crippen LogP contribution in [-0.2, 0) is 0 Å². The van der Waals surface area contributed by atoms with Gasteiger partial charge in [0.2, 0.25) is 0 Å². The minimum absolute atomic E-state index is 0.141. The average molecular weight is 344 g/mol. The van der Waals surface area contributed by atoms with Gasteiger partial charge in [-0.1, -0.05) is 48.7 Å². The van der Waals surface area contributed by atoms with Gasteiger partial charge in [-0.3, -0.25) is 0 Å². The van der Waals surface area contributed by atoms with Crippen molar-refractivity contribution in [2.24, 2.45) is 11.3 Å². The van der Waals surface area contributed by atoms with E-state index in [4.69, 9.17) is 11.6 Å². The summed E-state index contributed by atoms with van der Waals surface area (Å²) in [5.74, 6) is 0.585. The Morgan fingerprint density at radius 2 is 1.89 bits per heavy atom. The molecule has 1 aliphatic rings. The fourth-order valence-corrected chi connectivity index (χ4v) is 4.54. The molecular weight excluding hydrogens is 320 g/mol. The van der Waals surface area contributed by atoms with Crippen molar-refractivity contribution in [2.45, 2.75) is 58.8 Å². The normalized spacial score (nSPS) is 24.2. The first-order valence-corrected chi connectivity index (χ1v) is 8.46. The highest BCUT2D eigenvalue weighted by Crippen LogP contribution is 2.50. The Bertz CT molecular complexity index is 465. The van der Waals surface area contributed by atoms with Gasteiger partial charge >= 0.3 is 0 Å². The van der Waals surface area contributed by atoms with E-state index in [1.165, 1.54) is 46.8 Å². The van der Waals surface area contributed by atoms with Crippen LogP contribution in [0.2, 0.25) is 0 Å². The zero-order chi connectivity index (χ0) is 14.2. The van der Waals surface area contributed by atoms with Gasteiger partial charge in [0.25, 0.3) is 0 Å². The summed E-state index contributed by atoms with van der Waals surface area (Å²) in [7, 11) is 0. The minimum Gasteiger partial charge on any atom is -0.117 e. The van der Waals surface area contributed by atoms with Crippen LogP contribution in [0.15, 0.2) is 16.6 Å². The zero-order valence-corrected chi connectivity index (χ0v) is 14.7. The molecule has 2 rings (SSSR count). The first-order valence-electron chi connectivity index (χ1n) is 7.23. The molecule has 0 N–H and O–H groups in total. The van der Waals surface area contributed by atoms with Gasteiger partial charge < -0.3 is 0 Å². The third-order valence-electron chi connectivity index (χ3n) is 4.79. The molecule has 0 radical (unpaired) electrons. The number of hydrogen-bond donors (Lipinski definition) is 0. The lowest BCUT2D eigenvalue weighted by atomic mass is 9.66. The van der Waals surface area contributed by atoms with Crippen molar-refractivity contribution in [1.29, 1.82) is 0 Å². The first kappa shape index (κ1) is 15.4. The van der Waals surface area contributed by atoms with E-state index in [2.05, 4.69) is 55.8 Å². The standard InChI is InChI=1S/C17H24BrCl/c1-11-10-15(18)12(2)9-13(11)16(19)14-7-5-6-8-17(14,3)4/h9-10,14,16H,5-8H2,1-4H3. The fraction of sp³-hybridized carbons (Fsp3) is 0.647. The Hall–Kier alpha value is -0.0100. The maximum atomic E-state index is 6.88. The zero-order valence-electron chi connectivity index (χ0n) is 12.4. The predicted molar refractivity (Wildman–Crippen MR) is 87.9 cm³/mol. The molecule has 0 amide bonds. The van der Waals surface area contributed by atoms with Gasteiger partial charge in [-0.25, -0.2) is 0 Å². The van der Waals surface area contributed by atoms with Crippen molar-refractivity contribution in [2.75, 3.05) is 0 Å². The second-order valence-corrected chi connectivity index (χ2v) is 8.03. The molecule has 19 heavy (non-hydrogen) atoms. The largest absolute Gasteiger partial charge is 0.117 e. The summed E-state index contributed by atoms with van der Waals surface area (Å²) >= 11 is 10.5. The highest BCUT2D eigenvalue weighted by atomic mass is 79.9. The van der Waals surface area contributed by atoms with Crippen LogP contribution in [0.25, 0.3) is 0 Å². The predicted octanol–water partition coefficient (Wildman–Crippen LogP) is 6.56. The Balaban J connectivity index is 2.33. The smallest absolute Gasteiger partial charge is 0.0621 e.